The normalized spacial score (nSPS) is 12.9. The van der Waals surface area contributed by atoms with Crippen LogP contribution >= 0.6 is 11.6 Å². The van der Waals surface area contributed by atoms with Crippen LogP contribution in [-0.2, 0) is 13.5 Å². The number of hydrogen-bond donors (Lipinski definition) is 3. The highest BCUT2D eigenvalue weighted by atomic mass is 35.5. The molecular weight excluding hydrogens is 428 g/mol. The van der Waals surface area contributed by atoms with Gasteiger partial charge in [-0.2, -0.15) is 5.10 Å². The standard InChI is InChI=1S/C23H21ClN6O2/c1-13-16(24)4-3-5-17(13)28-22-20-18(7-9-26-23(20)31)29-21(22)15-6-8-25-11-19(15)32-14-10-27-30(2)12-14/h3-6,8,10-12,28-29H,7,9H2,1-2H3,(H,26,31). The van der Waals surface area contributed by atoms with Gasteiger partial charge in [-0.15, -0.1) is 0 Å². The van der Waals surface area contributed by atoms with Crippen molar-refractivity contribution in [3.63, 3.8) is 0 Å². The molecule has 0 unspecified atom stereocenters. The Balaban J connectivity index is 1.65. The van der Waals surface area contributed by atoms with E-state index in [1.165, 1.54) is 0 Å². The second kappa shape index (κ2) is 8.05. The van der Waals surface area contributed by atoms with E-state index in [-0.39, 0.29) is 5.91 Å². The highest BCUT2D eigenvalue weighted by molar-refractivity contribution is 6.31. The van der Waals surface area contributed by atoms with Crippen LogP contribution in [0.5, 0.6) is 11.5 Å². The molecule has 1 amide bonds. The number of anilines is 2. The average molecular weight is 449 g/mol. The fourth-order valence-corrected chi connectivity index (χ4v) is 4.00. The second-order valence-electron chi connectivity index (χ2n) is 7.60. The van der Waals surface area contributed by atoms with E-state index in [0.717, 1.165) is 28.2 Å². The minimum Gasteiger partial charge on any atom is -0.452 e. The first-order chi connectivity index (χ1) is 15.5. The minimum absolute atomic E-state index is 0.125. The molecule has 162 valence electrons. The van der Waals surface area contributed by atoms with Gasteiger partial charge in [0.15, 0.2) is 11.5 Å². The van der Waals surface area contributed by atoms with Crippen molar-refractivity contribution in [1.82, 2.24) is 25.1 Å². The van der Waals surface area contributed by atoms with Gasteiger partial charge in [0.25, 0.3) is 5.91 Å². The van der Waals surface area contributed by atoms with Crippen molar-refractivity contribution in [3.8, 4) is 22.8 Å². The lowest BCUT2D eigenvalue weighted by Gasteiger charge is -2.17. The summed E-state index contributed by atoms with van der Waals surface area (Å²) in [5.41, 5.74) is 5.37. The van der Waals surface area contributed by atoms with E-state index in [1.54, 1.807) is 29.5 Å². The molecule has 32 heavy (non-hydrogen) atoms. The number of rotatable bonds is 5. The summed E-state index contributed by atoms with van der Waals surface area (Å²) in [5.74, 6) is 1.01. The molecular formula is C23H21ClN6O2. The molecule has 4 aromatic rings. The van der Waals surface area contributed by atoms with Gasteiger partial charge in [-0.25, -0.2) is 0 Å². The molecule has 8 nitrogen and oxygen atoms in total. The molecule has 0 aliphatic carbocycles. The molecule has 0 bridgehead atoms. The van der Waals surface area contributed by atoms with Crippen molar-refractivity contribution in [3.05, 3.63) is 70.9 Å². The van der Waals surface area contributed by atoms with Gasteiger partial charge in [0, 0.05) is 48.2 Å². The van der Waals surface area contributed by atoms with Gasteiger partial charge in [-0.3, -0.25) is 14.5 Å². The quantitative estimate of drug-likeness (QED) is 0.414. The van der Waals surface area contributed by atoms with Gasteiger partial charge >= 0.3 is 0 Å². The third-order valence-corrected chi connectivity index (χ3v) is 5.86. The van der Waals surface area contributed by atoms with Crippen LogP contribution in [0.15, 0.2) is 49.1 Å². The number of pyridine rings is 1. The molecule has 0 saturated carbocycles. The summed E-state index contributed by atoms with van der Waals surface area (Å²) in [6.45, 7) is 2.52. The number of hydrogen-bond acceptors (Lipinski definition) is 5. The van der Waals surface area contributed by atoms with Crippen molar-refractivity contribution in [1.29, 1.82) is 0 Å². The predicted molar refractivity (Wildman–Crippen MR) is 123 cm³/mol. The summed E-state index contributed by atoms with van der Waals surface area (Å²) in [7, 11) is 1.82. The first-order valence-electron chi connectivity index (χ1n) is 10.2. The molecule has 4 heterocycles. The summed E-state index contributed by atoms with van der Waals surface area (Å²) < 4.78 is 7.74. The van der Waals surface area contributed by atoms with E-state index in [2.05, 4.69) is 25.7 Å². The number of H-pyrrole nitrogens is 1. The number of aromatic nitrogens is 4. The van der Waals surface area contributed by atoms with Crippen molar-refractivity contribution < 1.29 is 9.53 Å². The first-order valence-corrected chi connectivity index (χ1v) is 10.5. The topological polar surface area (TPSA) is 96.9 Å². The Morgan fingerprint density at radius 1 is 1.25 bits per heavy atom. The highest BCUT2D eigenvalue weighted by Crippen LogP contribution is 2.41. The van der Waals surface area contributed by atoms with E-state index in [4.69, 9.17) is 16.3 Å². The van der Waals surface area contributed by atoms with E-state index < -0.39 is 0 Å². The molecule has 1 aromatic carbocycles. The smallest absolute Gasteiger partial charge is 0.255 e. The third kappa shape index (κ3) is 3.58. The van der Waals surface area contributed by atoms with Crippen molar-refractivity contribution >= 4 is 28.9 Å². The number of ether oxygens (including phenoxy) is 1. The van der Waals surface area contributed by atoms with Crippen LogP contribution in [0.1, 0.15) is 21.6 Å². The number of halogens is 1. The molecule has 0 fully saturated rings. The Morgan fingerprint density at radius 2 is 2.12 bits per heavy atom. The Bertz CT molecular complexity index is 1330. The van der Waals surface area contributed by atoms with Gasteiger partial charge in [-0.1, -0.05) is 17.7 Å². The number of fused-ring (bicyclic) bond motifs is 1. The summed E-state index contributed by atoms with van der Waals surface area (Å²) in [5, 5.41) is 11.2. The van der Waals surface area contributed by atoms with E-state index in [1.807, 2.05) is 38.2 Å². The average Bonchev–Trinajstić information content (AvgIpc) is 3.36. The van der Waals surface area contributed by atoms with Crippen molar-refractivity contribution in [2.24, 2.45) is 7.05 Å². The Labute approximate surface area is 189 Å². The first kappa shape index (κ1) is 20.1. The third-order valence-electron chi connectivity index (χ3n) is 5.46. The maximum atomic E-state index is 12.8. The zero-order valence-electron chi connectivity index (χ0n) is 17.6. The van der Waals surface area contributed by atoms with Crippen LogP contribution in [0.3, 0.4) is 0 Å². The maximum absolute atomic E-state index is 12.8. The van der Waals surface area contributed by atoms with Gasteiger partial charge in [0.2, 0.25) is 0 Å². The lowest BCUT2D eigenvalue weighted by molar-refractivity contribution is 0.0947. The number of nitrogens with zero attached hydrogens (tertiary/aromatic N) is 3. The summed E-state index contributed by atoms with van der Waals surface area (Å²) in [6.07, 6.45) is 7.46. The van der Waals surface area contributed by atoms with Gasteiger partial charge < -0.3 is 20.4 Å². The fourth-order valence-electron chi connectivity index (χ4n) is 3.83. The number of aromatic amines is 1. The Morgan fingerprint density at radius 3 is 2.94 bits per heavy atom. The molecule has 0 spiro atoms. The SMILES string of the molecule is Cc1c(Cl)cccc1Nc1c(-c2ccncc2Oc2cnn(C)c2)[nH]c2c1C(=O)NCC2. The molecule has 0 saturated heterocycles. The largest absolute Gasteiger partial charge is 0.452 e. The number of nitrogens with one attached hydrogen (secondary N) is 3. The highest BCUT2D eigenvalue weighted by Gasteiger charge is 2.28. The zero-order chi connectivity index (χ0) is 22.2. The van der Waals surface area contributed by atoms with Crippen LogP contribution in [-0.4, -0.2) is 32.2 Å². The van der Waals surface area contributed by atoms with Gasteiger partial charge in [-0.05, 0) is 30.7 Å². The maximum Gasteiger partial charge on any atom is 0.255 e. The van der Waals surface area contributed by atoms with Crippen LogP contribution < -0.4 is 15.4 Å². The Hall–Kier alpha value is -3.78. The lowest BCUT2D eigenvalue weighted by Crippen LogP contribution is -2.31. The summed E-state index contributed by atoms with van der Waals surface area (Å²) in [4.78, 5) is 20.5. The van der Waals surface area contributed by atoms with E-state index in [0.29, 0.717) is 40.7 Å². The monoisotopic (exact) mass is 448 g/mol. The van der Waals surface area contributed by atoms with Gasteiger partial charge in [0.1, 0.15) is 0 Å². The van der Waals surface area contributed by atoms with E-state index in [9.17, 15) is 4.79 Å². The van der Waals surface area contributed by atoms with Crippen LogP contribution in [0.25, 0.3) is 11.3 Å². The number of carbonyl (C=O) groups excluding carboxylic acids is 1. The van der Waals surface area contributed by atoms with Crippen LogP contribution in [0, 0.1) is 6.92 Å². The Kier molecular flexibility index (Phi) is 5.07. The summed E-state index contributed by atoms with van der Waals surface area (Å²) in [6, 6.07) is 7.51. The summed E-state index contributed by atoms with van der Waals surface area (Å²) >= 11 is 6.34. The van der Waals surface area contributed by atoms with Gasteiger partial charge in [0.05, 0.1) is 35.5 Å². The van der Waals surface area contributed by atoms with Crippen LogP contribution in [0.2, 0.25) is 5.02 Å². The molecule has 1 aliphatic heterocycles. The van der Waals surface area contributed by atoms with Crippen molar-refractivity contribution in [2.75, 3.05) is 11.9 Å². The molecule has 3 N–H and O–H groups in total. The molecule has 0 atom stereocenters. The zero-order valence-corrected chi connectivity index (χ0v) is 18.3. The molecule has 5 rings (SSSR count). The second-order valence-corrected chi connectivity index (χ2v) is 8.00. The molecule has 9 heteroatoms. The number of carbonyl (C=O) groups is 1. The van der Waals surface area contributed by atoms with E-state index >= 15 is 0 Å². The minimum atomic E-state index is -0.125. The predicted octanol–water partition coefficient (Wildman–Crippen LogP) is 4.59. The van der Waals surface area contributed by atoms with Crippen LogP contribution in [0.4, 0.5) is 11.4 Å². The molecule has 3 aromatic heterocycles. The lowest BCUT2D eigenvalue weighted by atomic mass is 10.0. The number of amides is 1. The molecule has 1 aliphatic rings. The fraction of sp³-hybridized carbons (Fsp3) is 0.174. The van der Waals surface area contributed by atoms with Crippen molar-refractivity contribution in [2.45, 2.75) is 13.3 Å². The molecule has 0 radical (unpaired) electrons. The number of benzene rings is 1. The number of aryl methyl sites for hydroxylation is 1.